The summed E-state index contributed by atoms with van der Waals surface area (Å²) >= 11 is 0. The van der Waals surface area contributed by atoms with E-state index in [1.165, 1.54) is 19.5 Å². The molecule has 2 N–H and O–H groups in total. The first-order valence-corrected chi connectivity index (χ1v) is 13.5. The number of hydrogen-bond acceptors (Lipinski definition) is 9. The molecule has 2 aliphatic rings. The molecule has 220 valence electrons. The van der Waals surface area contributed by atoms with E-state index in [0.29, 0.717) is 24.4 Å². The second kappa shape index (κ2) is 11.1. The molecule has 13 nitrogen and oxygen atoms in total. The Morgan fingerprint density at radius 1 is 1.34 bits per heavy atom. The number of rotatable bonds is 10. The predicted molar refractivity (Wildman–Crippen MR) is 147 cm³/mol. The number of aromatic nitrogens is 3. The number of carboxylic acids is 1. The molecule has 0 amide bonds. The lowest BCUT2D eigenvalue weighted by molar-refractivity contribution is -0.389. The summed E-state index contributed by atoms with van der Waals surface area (Å²) in [4.78, 5) is 42.9. The molecule has 14 heteroatoms. The zero-order valence-corrected chi connectivity index (χ0v) is 23.1. The molecule has 5 rings (SSSR count). The van der Waals surface area contributed by atoms with Crippen LogP contribution in [-0.4, -0.2) is 86.1 Å². The molecule has 3 heterocycles. The fraction of sp³-hybridized carbons (Fsp3) is 0.519. The normalized spacial score (nSPS) is 18.2. The van der Waals surface area contributed by atoms with Gasteiger partial charge in [-0.1, -0.05) is 0 Å². The molecule has 1 saturated heterocycles. The Labute approximate surface area is 234 Å². The van der Waals surface area contributed by atoms with Crippen molar-refractivity contribution in [1.82, 2.24) is 19.0 Å². The summed E-state index contributed by atoms with van der Waals surface area (Å²) in [6, 6.07) is 1.08. The predicted octanol–water partition coefficient (Wildman–Crippen LogP) is 2.56. The van der Waals surface area contributed by atoms with Crippen molar-refractivity contribution < 1.29 is 29.1 Å². The number of ether oxygens (including phenoxy) is 1. The highest BCUT2D eigenvalue weighted by molar-refractivity contribution is 5.97. The number of carboxylic acid groups (broad SMARTS) is 1. The van der Waals surface area contributed by atoms with Gasteiger partial charge in [-0.25, -0.2) is 9.18 Å². The molecule has 3 aromatic rings. The molecule has 1 aliphatic heterocycles. The summed E-state index contributed by atoms with van der Waals surface area (Å²) < 4.78 is 24.8. The van der Waals surface area contributed by atoms with E-state index in [1.54, 1.807) is 16.1 Å². The fourth-order valence-electron chi connectivity index (χ4n) is 5.77. The number of aromatic carboxylic acids is 1. The van der Waals surface area contributed by atoms with Crippen LogP contribution in [0.3, 0.4) is 0 Å². The number of nitro groups is 1. The number of benzene rings is 1. The monoisotopic (exact) mass is 572 g/mol. The average molecular weight is 573 g/mol. The van der Waals surface area contributed by atoms with Crippen LogP contribution >= 0.6 is 0 Å². The van der Waals surface area contributed by atoms with Gasteiger partial charge in [-0.3, -0.25) is 9.69 Å². The molecular weight excluding hydrogens is 539 g/mol. The van der Waals surface area contributed by atoms with Gasteiger partial charge in [0, 0.05) is 44.8 Å². The number of pyridine rings is 1. The molecule has 2 aromatic heterocycles. The van der Waals surface area contributed by atoms with Gasteiger partial charge in [-0.15, -0.1) is 0 Å². The quantitative estimate of drug-likeness (QED) is 0.273. The van der Waals surface area contributed by atoms with Crippen molar-refractivity contribution in [3.63, 3.8) is 0 Å². The standard InChI is InChI=1S/C27H33FN6O7/c1-15-29-22(34(39)40)14-32(15)12-18(35)11-30(2)17-5-4-8-31(10-17)24-21(28)9-19-23(26(24)41-3)33(16-6-7-16)13-20(25(19)36)27(37)38/h9,13-14,16-18,35H,4-8,10-12H2,1-3H3,(H,37,38). The number of piperidine rings is 1. The number of hydrogen-bond donors (Lipinski definition) is 2. The summed E-state index contributed by atoms with van der Waals surface area (Å²) in [7, 11) is 3.28. The van der Waals surface area contributed by atoms with Crippen molar-refractivity contribution in [3.05, 3.63) is 56.0 Å². The number of likely N-dealkylation sites (N-methyl/N-ethyl adjacent to an activating group) is 1. The lowest BCUT2D eigenvalue weighted by atomic mass is 10.0. The van der Waals surface area contributed by atoms with E-state index < -0.39 is 33.8 Å². The van der Waals surface area contributed by atoms with Crippen molar-refractivity contribution in [2.75, 3.05) is 38.7 Å². The number of imidazole rings is 1. The Hall–Kier alpha value is -4.04. The van der Waals surface area contributed by atoms with E-state index in [0.717, 1.165) is 31.7 Å². The molecular formula is C27H33FN6O7. The van der Waals surface area contributed by atoms with Gasteiger partial charge in [0.25, 0.3) is 0 Å². The molecule has 1 aromatic carbocycles. The fourth-order valence-corrected chi connectivity index (χ4v) is 5.77. The molecule has 0 radical (unpaired) electrons. The maximum atomic E-state index is 15.8. The number of carbonyl (C=O) groups is 1. The van der Waals surface area contributed by atoms with E-state index in [2.05, 4.69) is 4.98 Å². The van der Waals surface area contributed by atoms with Crippen molar-refractivity contribution in [1.29, 1.82) is 0 Å². The topological polar surface area (TPSA) is 156 Å². The highest BCUT2D eigenvalue weighted by atomic mass is 19.1. The summed E-state index contributed by atoms with van der Waals surface area (Å²) in [6.45, 7) is 3.03. The number of fused-ring (bicyclic) bond motifs is 1. The van der Waals surface area contributed by atoms with E-state index in [9.17, 15) is 29.9 Å². The van der Waals surface area contributed by atoms with E-state index >= 15 is 4.39 Å². The lowest BCUT2D eigenvalue weighted by Crippen LogP contribution is -2.49. The summed E-state index contributed by atoms with van der Waals surface area (Å²) in [5.74, 6) is -1.68. The zero-order valence-electron chi connectivity index (χ0n) is 23.1. The summed E-state index contributed by atoms with van der Waals surface area (Å²) in [5.41, 5.74) is -0.553. The average Bonchev–Trinajstić information content (AvgIpc) is 3.70. The summed E-state index contributed by atoms with van der Waals surface area (Å²) in [6.07, 6.45) is 4.99. The highest BCUT2D eigenvalue weighted by Gasteiger charge is 2.33. The second-order valence-electron chi connectivity index (χ2n) is 10.8. The first-order chi connectivity index (χ1) is 19.5. The highest BCUT2D eigenvalue weighted by Crippen LogP contribution is 2.44. The minimum Gasteiger partial charge on any atom is -0.492 e. The molecule has 0 bridgehead atoms. The van der Waals surface area contributed by atoms with Gasteiger partial charge in [0.2, 0.25) is 11.3 Å². The molecule has 1 saturated carbocycles. The molecule has 2 fully saturated rings. The number of aliphatic hydroxyl groups is 1. The van der Waals surface area contributed by atoms with Crippen molar-refractivity contribution >= 4 is 28.4 Å². The van der Waals surface area contributed by atoms with Crippen molar-refractivity contribution in [3.8, 4) is 5.75 Å². The minimum absolute atomic E-state index is 0.00528. The van der Waals surface area contributed by atoms with Crippen LogP contribution in [0.15, 0.2) is 23.3 Å². The van der Waals surface area contributed by atoms with Gasteiger partial charge in [0.1, 0.15) is 17.4 Å². The third-order valence-electron chi connectivity index (χ3n) is 7.97. The van der Waals surface area contributed by atoms with Gasteiger partial charge in [-0.2, -0.15) is 0 Å². The van der Waals surface area contributed by atoms with Gasteiger partial charge < -0.3 is 39.1 Å². The van der Waals surface area contributed by atoms with Crippen LogP contribution in [0.1, 0.15) is 47.9 Å². The first-order valence-electron chi connectivity index (χ1n) is 13.5. The molecule has 41 heavy (non-hydrogen) atoms. The van der Waals surface area contributed by atoms with Crippen LogP contribution in [0.4, 0.5) is 15.9 Å². The van der Waals surface area contributed by atoms with E-state index in [4.69, 9.17) is 4.74 Å². The number of halogens is 1. The Morgan fingerprint density at radius 2 is 2.07 bits per heavy atom. The first kappa shape index (κ1) is 28.5. The summed E-state index contributed by atoms with van der Waals surface area (Å²) in [5, 5.41) is 31.3. The number of anilines is 1. The van der Waals surface area contributed by atoms with Crippen LogP contribution < -0.4 is 15.1 Å². The molecule has 0 spiro atoms. The third kappa shape index (κ3) is 5.48. The SMILES string of the molecule is COc1c(N2CCCC(N(C)CC(O)Cn3cc([N+](=O)[O-])nc3C)C2)c(F)cc2c(=O)c(C(=O)O)cn(C3CC3)c12. The smallest absolute Gasteiger partial charge is 0.381 e. The minimum atomic E-state index is -1.36. The Morgan fingerprint density at radius 3 is 2.68 bits per heavy atom. The van der Waals surface area contributed by atoms with Gasteiger partial charge in [-0.05, 0) is 48.7 Å². The maximum Gasteiger partial charge on any atom is 0.381 e. The Kier molecular flexibility index (Phi) is 7.70. The molecule has 1 aliphatic carbocycles. The van der Waals surface area contributed by atoms with Crippen LogP contribution in [0.2, 0.25) is 0 Å². The van der Waals surface area contributed by atoms with Crippen LogP contribution in [0.25, 0.3) is 10.9 Å². The van der Waals surface area contributed by atoms with Crippen molar-refractivity contribution in [2.45, 2.75) is 57.3 Å². The van der Waals surface area contributed by atoms with Crippen LogP contribution in [0.5, 0.6) is 5.75 Å². The third-order valence-corrected chi connectivity index (χ3v) is 7.97. The van der Waals surface area contributed by atoms with E-state index in [1.807, 2.05) is 16.8 Å². The van der Waals surface area contributed by atoms with Crippen LogP contribution in [-0.2, 0) is 6.54 Å². The molecule has 2 unspecified atom stereocenters. The van der Waals surface area contributed by atoms with E-state index in [-0.39, 0.29) is 47.8 Å². The number of methoxy groups -OCH3 is 1. The number of aryl methyl sites for hydroxylation is 1. The number of nitrogens with zero attached hydrogens (tertiary/aromatic N) is 6. The van der Waals surface area contributed by atoms with Crippen LogP contribution in [0, 0.1) is 22.9 Å². The Bertz CT molecular complexity index is 1570. The maximum absolute atomic E-state index is 15.8. The van der Waals surface area contributed by atoms with Gasteiger partial charge >= 0.3 is 11.8 Å². The zero-order chi connectivity index (χ0) is 29.6. The second-order valence-corrected chi connectivity index (χ2v) is 10.8. The molecule has 2 atom stereocenters. The number of aliphatic hydroxyl groups excluding tert-OH is 1. The van der Waals surface area contributed by atoms with Crippen molar-refractivity contribution in [2.24, 2.45) is 0 Å². The van der Waals surface area contributed by atoms with Gasteiger partial charge in [0.15, 0.2) is 11.6 Å². The lowest BCUT2D eigenvalue weighted by Gasteiger charge is -2.40. The largest absolute Gasteiger partial charge is 0.492 e. The Balaban J connectivity index is 1.40. The van der Waals surface area contributed by atoms with Gasteiger partial charge in [0.05, 0.1) is 30.7 Å².